The van der Waals surface area contributed by atoms with E-state index in [4.69, 9.17) is 4.98 Å². The van der Waals surface area contributed by atoms with Crippen molar-refractivity contribution >= 4 is 22.7 Å². The number of nitrogens with zero attached hydrogens (tertiary/aromatic N) is 3. The normalized spacial score (nSPS) is 11.9. The number of thioether (sulfide) groups is 1. The van der Waals surface area contributed by atoms with Gasteiger partial charge in [0.1, 0.15) is 0 Å². The standard InChI is InChI=1S/C26H23N3OS/c1-3-18(2)19-12-14-22(15-13-19)29-25(30)23-10-6-7-11-24(23)28-26(29)31-17-21-9-5-4-8-20(21)16-27/h4-15,18H,3,17H2,1-2H3. The average molecular weight is 426 g/mol. The van der Waals surface area contributed by atoms with Crippen LogP contribution in [0.5, 0.6) is 0 Å². The fourth-order valence-electron chi connectivity index (χ4n) is 3.52. The van der Waals surface area contributed by atoms with Gasteiger partial charge in [0.2, 0.25) is 0 Å². The quantitative estimate of drug-likeness (QED) is 0.278. The Kier molecular flexibility index (Phi) is 6.20. The van der Waals surface area contributed by atoms with E-state index >= 15 is 0 Å². The second-order valence-corrected chi connectivity index (χ2v) is 8.45. The van der Waals surface area contributed by atoms with Crippen LogP contribution in [0.4, 0.5) is 0 Å². The van der Waals surface area contributed by atoms with Gasteiger partial charge in [0.25, 0.3) is 5.56 Å². The lowest BCUT2D eigenvalue weighted by Gasteiger charge is -2.15. The minimum atomic E-state index is -0.0852. The summed E-state index contributed by atoms with van der Waals surface area (Å²) < 4.78 is 1.68. The van der Waals surface area contributed by atoms with E-state index in [9.17, 15) is 10.1 Å². The Balaban J connectivity index is 1.80. The van der Waals surface area contributed by atoms with Crippen LogP contribution in [-0.2, 0) is 5.75 Å². The molecule has 1 aromatic heterocycles. The number of para-hydroxylation sites is 1. The Morgan fingerprint density at radius 3 is 2.48 bits per heavy atom. The van der Waals surface area contributed by atoms with Crippen molar-refractivity contribution in [1.82, 2.24) is 9.55 Å². The Labute approximate surface area is 186 Å². The Bertz CT molecular complexity index is 1320. The second kappa shape index (κ2) is 9.20. The summed E-state index contributed by atoms with van der Waals surface area (Å²) in [4.78, 5) is 18.2. The topological polar surface area (TPSA) is 58.7 Å². The molecule has 0 N–H and O–H groups in total. The van der Waals surface area contributed by atoms with Crippen molar-refractivity contribution < 1.29 is 0 Å². The third-order valence-electron chi connectivity index (χ3n) is 5.57. The zero-order chi connectivity index (χ0) is 21.8. The van der Waals surface area contributed by atoms with Crippen LogP contribution in [0, 0.1) is 11.3 Å². The number of hydrogen-bond donors (Lipinski definition) is 0. The van der Waals surface area contributed by atoms with Crippen LogP contribution >= 0.6 is 11.8 Å². The van der Waals surface area contributed by atoms with E-state index in [1.807, 2.05) is 60.7 Å². The molecular weight excluding hydrogens is 402 g/mol. The SMILES string of the molecule is CCC(C)c1ccc(-n2c(SCc3ccccc3C#N)nc3ccccc3c2=O)cc1. The third-order valence-corrected chi connectivity index (χ3v) is 6.56. The predicted octanol–water partition coefficient (Wildman–Crippen LogP) is 6.06. The third kappa shape index (κ3) is 4.26. The second-order valence-electron chi connectivity index (χ2n) is 7.51. The number of hydrogen-bond acceptors (Lipinski definition) is 4. The number of benzene rings is 3. The van der Waals surface area contributed by atoms with Gasteiger partial charge in [-0.25, -0.2) is 4.98 Å². The van der Waals surface area contributed by atoms with Crippen LogP contribution in [-0.4, -0.2) is 9.55 Å². The molecule has 0 spiro atoms. The highest BCUT2D eigenvalue weighted by molar-refractivity contribution is 7.98. The van der Waals surface area contributed by atoms with Crippen molar-refractivity contribution in [3.63, 3.8) is 0 Å². The Hall–Kier alpha value is -3.36. The smallest absolute Gasteiger partial charge is 0.266 e. The number of rotatable bonds is 6. The van der Waals surface area contributed by atoms with E-state index in [0.29, 0.717) is 33.3 Å². The molecule has 3 aromatic carbocycles. The minimum absolute atomic E-state index is 0.0852. The van der Waals surface area contributed by atoms with Gasteiger partial charge in [0.05, 0.1) is 28.2 Å². The molecule has 0 saturated heterocycles. The molecule has 0 aliphatic heterocycles. The number of aromatic nitrogens is 2. The van der Waals surface area contributed by atoms with Crippen LogP contribution in [0.25, 0.3) is 16.6 Å². The predicted molar refractivity (Wildman–Crippen MR) is 127 cm³/mol. The van der Waals surface area contributed by atoms with Crippen molar-refractivity contribution in [3.8, 4) is 11.8 Å². The Morgan fingerprint density at radius 2 is 1.74 bits per heavy atom. The van der Waals surface area contributed by atoms with Gasteiger partial charge in [-0.15, -0.1) is 0 Å². The van der Waals surface area contributed by atoms with Gasteiger partial charge < -0.3 is 0 Å². The molecule has 1 atom stereocenters. The minimum Gasteiger partial charge on any atom is -0.268 e. The lowest BCUT2D eigenvalue weighted by molar-refractivity contribution is 0.732. The molecule has 0 aliphatic carbocycles. The molecule has 5 heteroatoms. The van der Waals surface area contributed by atoms with E-state index in [-0.39, 0.29) is 5.56 Å². The molecule has 1 unspecified atom stereocenters. The van der Waals surface area contributed by atoms with Gasteiger partial charge in [-0.05, 0) is 53.8 Å². The van der Waals surface area contributed by atoms with Crippen molar-refractivity contribution in [2.45, 2.75) is 37.1 Å². The summed E-state index contributed by atoms with van der Waals surface area (Å²) >= 11 is 1.47. The first-order valence-electron chi connectivity index (χ1n) is 10.3. The van der Waals surface area contributed by atoms with Gasteiger partial charge in [-0.1, -0.05) is 68.1 Å². The summed E-state index contributed by atoms with van der Waals surface area (Å²) in [7, 11) is 0. The van der Waals surface area contributed by atoms with Gasteiger partial charge in [0, 0.05) is 5.75 Å². The molecule has 0 radical (unpaired) electrons. The van der Waals surface area contributed by atoms with Crippen molar-refractivity contribution in [2.75, 3.05) is 0 Å². The molecular formula is C26H23N3OS. The average Bonchev–Trinajstić information content (AvgIpc) is 2.82. The van der Waals surface area contributed by atoms with Gasteiger partial charge in [-0.2, -0.15) is 5.26 Å². The van der Waals surface area contributed by atoms with Crippen molar-refractivity contribution in [1.29, 1.82) is 5.26 Å². The summed E-state index contributed by atoms with van der Waals surface area (Å²) in [6.45, 7) is 4.37. The van der Waals surface area contributed by atoms with Crippen LogP contribution in [0.2, 0.25) is 0 Å². The van der Waals surface area contributed by atoms with E-state index in [0.717, 1.165) is 17.7 Å². The zero-order valence-corrected chi connectivity index (χ0v) is 18.4. The first kappa shape index (κ1) is 20.9. The summed E-state index contributed by atoms with van der Waals surface area (Å²) in [6, 6.07) is 25.4. The van der Waals surface area contributed by atoms with Gasteiger partial charge in [0.15, 0.2) is 5.16 Å². The molecule has 0 saturated carbocycles. The molecule has 4 rings (SSSR count). The molecule has 0 amide bonds. The highest BCUT2D eigenvalue weighted by Crippen LogP contribution is 2.27. The molecule has 31 heavy (non-hydrogen) atoms. The molecule has 4 nitrogen and oxygen atoms in total. The monoisotopic (exact) mass is 425 g/mol. The Morgan fingerprint density at radius 1 is 1.03 bits per heavy atom. The van der Waals surface area contributed by atoms with Crippen molar-refractivity contribution in [3.05, 3.63) is 99.8 Å². The van der Waals surface area contributed by atoms with E-state index in [1.54, 1.807) is 4.57 Å². The molecule has 0 aliphatic rings. The fraction of sp³-hybridized carbons (Fsp3) is 0.192. The molecule has 0 bridgehead atoms. The number of fused-ring (bicyclic) bond motifs is 1. The van der Waals surface area contributed by atoms with E-state index in [2.05, 4.69) is 32.0 Å². The fourth-order valence-corrected chi connectivity index (χ4v) is 4.54. The van der Waals surface area contributed by atoms with Crippen molar-refractivity contribution in [2.24, 2.45) is 0 Å². The lowest BCUT2D eigenvalue weighted by atomic mass is 9.98. The maximum absolute atomic E-state index is 13.4. The molecule has 1 heterocycles. The maximum Gasteiger partial charge on any atom is 0.266 e. The first-order valence-corrected chi connectivity index (χ1v) is 11.3. The highest BCUT2D eigenvalue weighted by Gasteiger charge is 2.15. The van der Waals surface area contributed by atoms with Crippen LogP contribution in [0.15, 0.2) is 82.7 Å². The maximum atomic E-state index is 13.4. The number of nitriles is 1. The lowest BCUT2D eigenvalue weighted by Crippen LogP contribution is -2.21. The molecule has 154 valence electrons. The van der Waals surface area contributed by atoms with Gasteiger partial charge >= 0.3 is 0 Å². The highest BCUT2D eigenvalue weighted by atomic mass is 32.2. The zero-order valence-electron chi connectivity index (χ0n) is 17.6. The summed E-state index contributed by atoms with van der Waals surface area (Å²) in [5.74, 6) is 1.02. The summed E-state index contributed by atoms with van der Waals surface area (Å²) in [6.07, 6.45) is 1.07. The largest absolute Gasteiger partial charge is 0.268 e. The molecule has 4 aromatic rings. The summed E-state index contributed by atoms with van der Waals surface area (Å²) in [5, 5.41) is 10.6. The summed E-state index contributed by atoms with van der Waals surface area (Å²) in [5.41, 5.74) is 4.21. The molecule has 0 fully saturated rings. The first-order chi connectivity index (χ1) is 15.1. The van der Waals surface area contributed by atoms with Crippen LogP contribution < -0.4 is 5.56 Å². The van der Waals surface area contributed by atoms with E-state index < -0.39 is 0 Å². The van der Waals surface area contributed by atoms with Crippen LogP contribution in [0.3, 0.4) is 0 Å². The van der Waals surface area contributed by atoms with Gasteiger partial charge in [-0.3, -0.25) is 9.36 Å². The van der Waals surface area contributed by atoms with E-state index in [1.165, 1.54) is 17.3 Å². The van der Waals surface area contributed by atoms with Crippen LogP contribution in [0.1, 0.15) is 42.9 Å².